The molecule has 0 radical (unpaired) electrons. The van der Waals surface area contributed by atoms with Crippen LogP contribution >= 0.6 is 0 Å². The predicted octanol–water partition coefficient (Wildman–Crippen LogP) is -0.941. The van der Waals surface area contributed by atoms with E-state index in [1.807, 2.05) is 13.8 Å². The van der Waals surface area contributed by atoms with Crippen LogP contribution in [0.5, 0.6) is 0 Å². The van der Waals surface area contributed by atoms with Crippen LogP contribution < -0.4 is 16.4 Å². The van der Waals surface area contributed by atoms with Crippen molar-refractivity contribution in [1.29, 1.82) is 0 Å². The van der Waals surface area contributed by atoms with Crippen LogP contribution in [0.2, 0.25) is 0 Å². The highest BCUT2D eigenvalue weighted by Gasteiger charge is 2.09. The summed E-state index contributed by atoms with van der Waals surface area (Å²) < 4.78 is 0. The lowest BCUT2D eigenvalue weighted by molar-refractivity contribution is -0.119. The van der Waals surface area contributed by atoms with Crippen molar-refractivity contribution in [3.8, 4) is 0 Å². The summed E-state index contributed by atoms with van der Waals surface area (Å²) in [4.78, 5) is 10.7. The van der Waals surface area contributed by atoms with Gasteiger partial charge >= 0.3 is 0 Å². The van der Waals surface area contributed by atoms with Crippen LogP contribution in [0.15, 0.2) is 0 Å². The van der Waals surface area contributed by atoms with E-state index in [0.717, 1.165) is 0 Å². The zero-order valence-electron chi connectivity index (χ0n) is 7.40. The van der Waals surface area contributed by atoms with E-state index in [1.165, 1.54) is 0 Å². The monoisotopic (exact) mass is 159 g/mol. The Morgan fingerprint density at radius 3 is 2.45 bits per heavy atom. The smallest absolute Gasteiger partial charge is 0.233 e. The minimum Gasteiger partial charge on any atom is -0.358 e. The van der Waals surface area contributed by atoms with Crippen molar-refractivity contribution in [2.45, 2.75) is 19.4 Å². The van der Waals surface area contributed by atoms with Crippen LogP contribution in [0.25, 0.3) is 0 Å². The summed E-state index contributed by atoms with van der Waals surface area (Å²) in [5.74, 6) is -0.0192. The van der Waals surface area contributed by atoms with Crippen LogP contribution in [0.3, 0.4) is 0 Å². The molecule has 0 aliphatic heterocycles. The van der Waals surface area contributed by atoms with Gasteiger partial charge in [-0.15, -0.1) is 0 Å². The van der Waals surface area contributed by atoms with E-state index in [1.54, 1.807) is 7.05 Å². The molecule has 4 N–H and O–H groups in total. The first kappa shape index (κ1) is 10.4. The fourth-order valence-electron chi connectivity index (χ4n) is 0.587. The van der Waals surface area contributed by atoms with Gasteiger partial charge in [0.05, 0.1) is 6.54 Å². The van der Waals surface area contributed by atoms with Gasteiger partial charge in [0.15, 0.2) is 0 Å². The molecule has 4 heteroatoms. The van der Waals surface area contributed by atoms with E-state index in [2.05, 4.69) is 10.6 Å². The molecule has 0 spiro atoms. The molecule has 1 amide bonds. The fourth-order valence-corrected chi connectivity index (χ4v) is 0.587. The van der Waals surface area contributed by atoms with E-state index < -0.39 is 0 Å². The molecule has 0 bridgehead atoms. The van der Waals surface area contributed by atoms with Gasteiger partial charge in [-0.2, -0.15) is 0 Å². The summed E-state index contributed by atoms with van der Waals surface area (Å²) in [5, 5.41) is 5.45. The van der Waals surface area contributed by atoms with Gasteiger partial charge in [-0.3, -0.25) is 4.79 Å². The van der Waals surface area contributed by atoms with Gasteiger partial charge in [-0.05, 0) is 13.8 Å². The Balaban J connectivity index is 3.35. The largest absolute Gasteiger partial charge is 0.358 e. The molecule has 4 nitrogen and oxygen atoms in total. The predicted molar refractivity (Wildman–Crippen MR) is 45.2 cm³/mol. The molecule has 0 aromatic heterocycles. The highest BCUT2D eigenvalue weighted by Crippen LogP contribution is 1.91. The van der Waals surface area contributed by atoms with Crippen molar-refractivity contribution in [3.05, 3.63) is 0 Å². The first-order valence-electron chi connectivity index (χ1n) is 3.66. The lowest BCUT2D eigenvalue weighted by Gasteiger charge is -2.18. The molecule has 0 fully saturated rings. The maximum absolute atomic E-state index is 10.7. The Labute approximate surface area is 67.5 Å². The van der Waals surface area contributed by atoms with Gasteiger partial charge < -0.3 is 16.4 Å². The molecule has 11 heavy (non-hydrogen) atoms. The molecule has 0 aromatic carbocycles. The first-order chi connectivity index (χ1) is 4.95. The molecule has 0 aliphatic rings. The minimum atomic E-state index is -0.256. The maximum Gasteiger partial charge on any atom is 0.233 e. The Morgan fingerprint density at radius 2 is 2.09 bits per heavy atom. The Hall–Kier alpha value is -0.610. The van der Waals surface area contributed by atoms with Gasteiger partial charge in [0, 0.05) is 19.1 Å². The first-order valence-corrected chi connectivity index (χ1v) is 3.66. The topological polar surface area (TPSA) is 67.2 Å². The minimum absolute atomic E-state index is 0.0192. The molecule has 0 aliphatic carbocycles. The third-order valence-corrected chi connectivity index (χ3v) is 1.15. The molecule has 0 saturated heterocycles. The highest BCUT2D eigenvalue weighted by atomic mass is 16.1. The Morgan fingerprint density at radius 1 is 1.55 bits per heavy atom. The standard InChI is InChI=1S/C7H17N3O/c1-7(2,8)5-10-4-6(11)9-3/h10H,4-5,8H2,1-3H3,(H,9,11). The van der Waals surface area contributed by atoms with E-state index in [4.69, 9.17) is 5.73 Å². The average Bonchev–Trinajstić information content (AvgIpc) is 1.85. The molecule has 0 heterocycles. The van der Waals surface area contributed by atoms with Crippen LogP contribution in [0.4, 0.5) is 0 Å². The molecule has 0 saturated carbocycles. The summed E-state index contributed by atoms with van der Waals surface area (Å²) in [5.41, 5.74) is 5.41. The number of rotatable bonds is 4. The number of carbonyl (C=O) groups excluding carboxylic acids is 1. The number of carbonyl (C=O) groups is 1. The lowest BCUT2D eigenvalue weighted by Crippen LogP contribution is -2.45. The Kier molecular flexibility index (Phi) is 4.07. The second-order valence-corrected chi connectivity index (χ2v) is 3.27. The van der Waals surface area contributed by atoms with Crippen molar-refractivity contribution < 1.29 is 4.79 Å². The van der Waals surface area contributed by atoms with Gasteiger partial charge in [-0.25, -0.2) is 0 Å². The van der Waals surface area contributed by atoms with Crippen molar-refractivity contribution in [1.82, 2.24) is 10.6 Å². The molecular weight excluding hydrogens is 142 g/mol. The second kappa shape index (κ2) is 4.31. The Bertz CT molecular complexity index is 128. The van der Waals surface area contributed by atoms with Gasteiger partial charge in [0.2, 0.25) is 5.91 Å². The quantitative estimate of drug-likeness (QED) is 0.496. The van der Waals surface area contributed by atoms with Crippen molar-refractivity contribution in [3.63, 3.8) is 0 Å². The van der Waals surface area contributed by atoms with Crippen molar-refractivity contribution >= 4 is 5.91 Å². The molecule has 0 aromatic rings. The van der Waals surface area contributed by atoms with Crippen molar-refractivity contribution in [2.24, 2.45) is 5.73 Å². The van der Waals surface area contributed by atoms with Crippen LogP contribution in [-0.4, -0.2) is 31.6 Å². The molecule has 66 valence electrons. The van der Waals surface area contributed by atoms with Gasteiger partial charge in [0.25, 0.3) is 0 Å². The molecule has 0 unspecified atom stereocenters. The summed E-state index contributed by atoms with van der Waals surface area (Å²) in [6.07, 6.45) is 0. The van der Waals surface area contributed by atoms with E-state index >= 15 is 0 Å². The van der Waals surface area contributed by atoms with Crippen LogP contribution in [0.1, 0.15) is 13.8 Å². The molecule has 0 rings (SSSR count). The number of amides is 1. The zero-order valence-corrected chi connectivity index (χ0v) is 7.40. The highest BCUT2D eigenvalue weighted by molar-refractivity contribution is 5.77. The summed E-state index contributed by atoms with van der Waals surface area (Å²) in [6, 6.07) is 0. The van der Waals surface area contributed by atoms with E-state index in [-0.39, 0.29) is 11.4 Å². The third-order valence-electron chi connectivity index (χ3n) is 1.15. The number of hydrogen-bond acceptors (Lipinski definition) is 3. The zero-order chi connectivity index (χ0) is 8.91. The van der Waals surface area contributed by atoms with E-state index in [0.29, 0.717) is 13.1 Å². The fraction of sp³-hybridized carbons (Fsp3) is 0.857. The number of likely N-dealkylation sites (N-methyl/N-ethyl adjacent to an activating group) is 1. The lowest BCUT2D eigenvalue weighted by atomic mass is 10.1. The molecule has 0 atom stereocenters. The third kappa shape index (κ3) is 7.29. The SMILES string of the molecule is CNC(=O)CNCC(C)(C)N. The van der Waals surface area contributed by atoms with Crippen LogP contribution in [-0.2, 0) is 4.79 Å². The van der Waals surface area contributed by atoms with E-state index in [9.17, 15) is 4.79 Å². The van der Waals surface area contributed by atoms with Gasteiger partial charge in [0.1, 0.15) is 0 Å². The summed E-state index contributed by atoms with van der Waals surface area (Å²) >= 11 is 0. The van der Waals surface area contributed by atoms with Gasteiger partial charge in [-0.1, -0.05) is 0 Å². The summed E-state index contributed by atoms with van der Waals surface area (Å²) in [6.45, 7) is 4.78. The number of nitrogens with one attached hydrogen (secondary N) is 2. The van der Waals surface area contributed by atoms with Crippen molar-refractivity contribution in [2.75, 3.05) is 20.1 Å². The molecular formula is C7H17N3O. The normalized spacial score (nSPS) is 11.3. The number of hydrogen-bond donors (Lipinski definition) is 3. The average molecular weight is 159 g/mol. The second-order valence-electron chi connectivity index (χ2n) is 3.27. The van der Waals surface area contributed by atoms with Crippen LogP contribution in [0, 0.1) is 0 Å². The summed E-state index contributed by atoms with van der Waals surface area (Å²) in [7, 11) is 1.61. The maximum atomic E-state index is 10.7. The number of nitrogens with two attached hydrogens (primary N) is 1.